The number of carbonyl (C=O) groups excluding carboxylic acids is 1. The van der Waals surface area contributed by atoms with Crippen molar-refractivity contribution >= 4 is 27.5 Å². The second kappa shape index (κ2) is 5.73. The molecular formula is C13H17N3O2S. The molecule has 0 spiro atoms. The first-order chi connectivity index (χ1) is 9.33. The number of carbonyl (C=O) groups is 1. The second-order valence-corrected chi connectivity index (χ2v) is 5.54. The first-order valence-electron chi connectivity index (χ1n) is 6.47. The van der Waals surface area contributed by atoms with Gasteiger partial charge in [0.2, 0.25) is 0 Å². The predicted molar refractivity (Wildman–Crippen MR) is 75.8 cm³/mol. The van der Waals surface area contributed by atoms with Gasteiger partial charge in [-0.3, -0.25) is 9.69 Å². The smallest absolute Gasteiger partial charge is 0.267 e. The molecule has 3 rings (SSSR count). The molecule has 0 bridgehead atoms. The van der Waals surface area contributed by atoms with Gasteiger partial charge in [-0.1, -0.05) is 0 Å². The first kappa shape index (κ1) is 12.7. The summed E-state index contributed by atoms with van der Waals surface area (Å²) in [6.07, 6.45) is 0. The third-order valence-corrected chi connectivity index (χ3v) is 4.17. The molecule has 0 aliphatic carbocycles. The van der Waals surface area contributed by atoms with Crippen LogP contribution < -0.4 is 5.32 Å². The van der Waals surface area contributed by atoms with Crippen molar-refractivity contribution in [1.82, 2.24) is 15.2 Å². The fraction of sp³-hybridized carbons (Fsp3) is 0.462. The molecule has 2 aromatic heterocycles. The average molecular weight is 279 g/mol. The molecule has 0 aromatic carbocycles. The van der Waals surface area contributed by atoms with Gasteiger partial charge in [0.05, 0.1) is 23.4 Å². The number of rotatable bonds is 4. The molecule has 2 N–H and O–H groups in total. The number of thiophene rings is 1. The van der Waals surface area contributed by atoms with Crippen LogP contribution in [0.3, 0.4) is 0 Å². The third kappa shape index (κ3) is 2.97. The minimum Gasteiger partial charge on any atom is -0.379 e. The van der Waals surface area contributed by atoms with Gasteiger partial charge in [-0.2, -0.15) is 0 Å². The molecular weight excluding hydrogens is 262 g/mol. The summed E-state index contributed by atoms with van der Waals surface area (Å²) >= 11 is 1.64. The Hall–Kier alpha value is -1.37. The maximum atomic E-state index is 12.0. The normalized spacial score (nSPS) is 16.8. The largest absolute Gasteiger partial charge is 0.379 e. The lowest BCUT2D eigenvalue weighted by molar-refractivity contribution is 0.0383. The summed E-state index contributed by atoms with van der Waals surface area (Å²) in [6.45, 7) is 5.04. The van der Waals surface area contributed by atoms with Crippen molar-refractivity contribution in [1.29, 1.82) is 0 Å². The summed E-state index contributed by atoms with van der Waals surface area (Å²) in [4.78, 5) is 17.4. The predicted octanol–water partition coefficient (Wildman–Crippen LogP) is 1.29. The second-order valence-electron chi connectivity index (χ2n) is 4.59. The van der Waals surface area contributed by atoms with E-state index in [-0.39, 0.29) is 5.91 Å². The maximum absolute atomic E-state index is 12.0. The van der Waals surface area contributed by atoms with Crippen LogP contribution in [0.2, 0.25) is 0 Å². The van der Waals surface area contributed by atoms with Gasteiger partial charge in [-0.15, -0.1) is 11.3 Å². The van der Waals surface area contributed by atoms with Crippen LogP contribution >= 0.6 is 11.3 Å². The van der Waals surface area contributed by atoms with Gasteiger partial charge >= 0.3 is 0 Å². The molecule has 1 saturated heterocycles. The van der Waals surface area contributed by atoms with E-state index in [4.69, 9.17) is 4.74 Å². The topological polar surface area (TPSA) is 57.4 Å². The third-order valence-electron chi connectivity index (χ3n) is 3.30. The highest BCUT2D eigenvalue weighted by molar-refractivity contribution is 7.17. The van der Waals surface area contributed by atoms with Crippen LogP contribution in [0.5, 0.6) is 0 Å². The van der Waals surface area contributed by atoms with E-state index < -0.39 is 0 Å². The number of morpholine rings is 1. The number of fused-ring (bicyclic) bond motifs is 1. The van der Waals surface area contributed by atoms with Crippen molar-refractivity contribution in [3.63, 3.8) is 0 Å². The zero-order valence-electron chi connectivity index (χ0n) is 10.6. The SMILES string of the molecule is O=C(NCCN1CCOCC1)c1cc2sccc2[nH]1. The van der Waals surface area contributed by atoms with Gasteiger partial charge in [-0.05, 0) is 17.5 Å². The van der Waals surface area contributed by atoms with E-state index in [9.17, 15) is 4.79 Å². The molecule has 0 saturated carbocycles. The standard InChI is InChI=1S/C13H17N3O2S/c17-13(11-9-12-10(15-11)1-8-19-12)14-2-3-16-4-6-18-7-5-16/h1,8-9,15H,2-7H2,(H,14,17). The lowest BCUT2D eigenvalue weighted by atomic mass is 10.4. The number of hydrogen-bond donors (Lipinski definition) is 2. The van der Waals surface area contributed by atoms with E-state index in [2.05, 4.69) is 15.2 Å². The van der Waals surface area contributed by atoms with Crippen LogP contribution in [0, 0.1) is 0 Å². The van der Waals surface area contributed by atoms with Gasteiger partial charge in [0.25, 0.3) is 5.91 Å². The minimum atomic E-state index is -0.0309. The zero-order valence-corrected chi connectivity index (χ0v) is 11.5. The van der Waals surface area contributed by atoms with E-state index in [1.165, 1.54) is 0 Å². The van der Waals surface area contributed by atoms with E-state index in [1.54, 1.807) is 11.3 Å². The van der Waals surface area contributed by atoms with Gasteiger partial charge in [0.1, 0.15) is 5.69 Å². The zero-order chi connectivity index (χ0) is 13.1. The number of nitrogens with zero attached hydrogens (tertiary/aromatic N) is 1. The number of hydrogen-bond acceptors (Lipinski definition) is 4. The van der Waals surface area contributed by atoms with E-state index in [0.717, 1.165) is 43.1 Å². The molecule has 1 amide bonds. The molecule has 5 nitrogen and oxygen atoms in total. The monoisotopic (exact) mass is 279 g/mol. The van der Waals surface area contributed by atoms with Crippen LogP contribution in [0.4, 0.5) is 0 Å². The first-order valence-corrected chi connectivity index (χ1v) is 7.35. The summed E-state index contributed by atoms with van der Waals surface area (Å²) in [6, 6.07) is 3.90. The Labute approximate surface area is 115 Å². The Morgan fingerprint density at radius 1 is 1.47 bits per heavy atom. The minimum absolute atomic E-state index is 0.0309. The maximum Gasteiger partial charge on any atom is 0.267 e. The fourth-order valence-corrected chi connectivity index (χ4v) is 3.00. The Kier molecular flexibility index (Phi) is 3.82. The summed E-state index contributed by atoms with van der Waals surface area (Å²) in [5, 5.41) is 4.96. The molecule has 0 unspecified atom stereocenters. The Bertz CT molecular complexity index is 528. The van der Waals surface area contributed by atoms with Gasteiger partial charge in [0.15, 0.2) is 0 Å². The average Bonchev–Trinajstić information content (AvgIpc) is 3.00. The van der Waals surface area contributed by atoms with Crippen LogP contribution in [0.25, 0.3) is 10.2 Å². The quantitative estimate of drug-likeness (QED) is 0.886. The lowest BCUT2D eigenvalue weighted by Gasteiger charge is -2.26. The number of amides is 1. The molecule has 6 heteroatoms. The molecule has 0 atom stereocenters. The molecule has 3 heterocycles. The molecule has 1 aliphatic rings. The van der Waals surface area contributed by atoms with Crippen LogP contribution in [0.1, 0.15) is 10.5 Å². The molecule has 1 fully saturated rings. The van der Waals surface area contributed by atoms with Crippen LogP contribution in [0.15, 0.2) is 17.5 Å². The highest BCUT2D eigenvalue weighted by Gasteiger charge is 2.12. The summed E-state index contributed by atoms with van der Waals surface area (Å²) in [7, 11) is 0. The van der Waals surface area contributed by atoms with Crippen molar-refractivity contribution < 1.29 is 9.53 Å². The van der Waals surface area contributed by atoms with Crippen LogP contribution in [-0.2, 0) is 4.74 Å². The number of aromatic nitrogens is 1. The Morgan fingerprint density at radius 2 is 2.32 bits per heavy atom. The number of nitrogens with one attached hydrogen (secondary N) is 2. The van der Waals surface area contributed by atoms with Crippen molar-refractivity contribution in [2.24, 2.45) is 0 Å². The number of aromatic amines is 1. The fourth-order valence-electron chi connectivity index (χ4n) is 2.22. The molecule has 1 aliphatic heterocycles. The summed E-state index contributed by atoms with van der Waals surface area (Å²) < 4.78 is 6.41. The van der Waals surface area contributed by atoms with Crippen molar-refractivity contribution in [3.05, 3.63) is 23.2 Å². The van der Waals surface area contributed by atoms with Gasteiger partial charge in [-0.25, -0.2) is 0 Å². The van der Waals surface area contributed by atoms with Crippen molar-refractivity contribution in [2.45, 2.75) is 0 Å². The Morgan fingerprint density at radius 3 is 3.11 bits per heavy atom. The van der Waals surface area contributed by atoms with E-state index >= 15 is 0 Å². The Balaban J connectivity index is 1.49. The van der Waals surface area contributed by atoms with E-state index in [1.807, 2.05) is 17.5 Å². The number of ether oxygens (including phenoxy) is 1. The lowest BCUT2D eigenvalue weighted by Crippen LogP contribution is -2.41. The van der Waals surface area contributed by atoms with Crippen molar-refractivity contribution in [3.8, 4) is 0 Å². The molecule has 2 aromatic rings. The van der Waals surface area contributed by atoms with Gasteiger partial charge < -0.3 is 15.0 Å². The van der Waals surface area contributed by atoms with E-state index in [0.29, 0.717) is 12.2 Å². The molecule has 19 heavy (non-hydrogen) atoms. The molecule has 0 radical (unpaired) electrons. The highest BCUT2D eigenvalue weighted by Crippen LogP contribution is 2.21. The molecule has 102 valence electrons. The summed E-state index contributed by atoms with van der Waals surface area (Å²) in [5.41, 5.74) is 1.67. The van der Waals surface area contributed by atoms with Crippen molar-refractivity contribution in [2.75, 3.05) is 39.4 Å². The van der Waals surface area contributed by atoms with Crippen LogP contribution in [-0.4, -0.2) is 55.2 Å². The highest BCUT2D eigenvalue weighted by atomic mass is 32.1. The van der Waals surface area contributed by atoms with Gasteiger partial charge in [0, 0.05) is 26.2 Å². The summed E-state index contributed by atoms with van der Waals surface area (Å²) in [5.74, 6) is -0.0309. The number of H-pyrrole nitrogens is 1.